The molecule has 0 aliphatic rings. The average Bonchev–Trinajstić information content (AvgIpc) is 2.31. The van der Waals surface area contributed by atoms with Crippen LogP contribution in [0.5, 0.6) is 0 Å². The first kappa shape index (κ1) is 14.2. The molecule has 0 spiro atoms. The van der Waals surface area contributed by atoms with Gasteiger partial charge in [-0.2, -0.15) is 0 Å². The van der Waals surface area contributed by atoms with Crippen LogP contribution in [-0.4, -0.2) is 23.4 Å². The van der Waals surface area contributed by atoms with Crippen molar-refractivity contribution in [3.63, 3.8) is 0 Å². The molecule has 2 heteroatoms. The van der Waals surface area contributed by atoms with E-state index < -0.39 is 0 Å². The number of unbranched alkanes of at least 4 members (excludes halogenated alkanes) is 1. The second-order valence-corrected chi connectivity index (χ2v) is 2.65. The molecule has 2 N–H and O–H groups in total. The highest BCUT2D eigenvalue weighted by Gasteiger charge is 1.73. The summed E-state index contributed by atoms with van der Waals surface area (Å²) in [4.78, 5) is 0. The van der Waals surface area contributed by atoms with Gasteiger partial charge in [-0.3, -0.25) is 0 Å². The molecule has 0 aromatic carbocycles. The molecule has 0 unspecified atom stereocenters. The largest absolute Gasteiger partial charge is 0.395 e. The van der Waals surface area contributed by atoms with Crippen LogP contribution in [0.15, 0.2) is 0 Å². The first-order valence-electron chi connectivity index (χ1n) is 5.05. The van der Waals surface area contributed by atoms with Crippen LogP contribution in [0.1, 0.15) is 25.7 Å². The molecule has 0 saturated heterocycles. The highest BCUT2D eigenvalue weighted by Crippen LogP contribution is 1.82. The highest BCUT2D eigenvalue weighted by atomic mass is 16.3. The van der Waals surface area contributed by atoms with Crippen LogP contribution in [-0.2, 0) is 0 Å². The molecule has 0 amide bonds. The van der Waals surface area contributed by atoms with Gasteiger partial charge in [-0.15, -0.1) is 0 Å². The Labute approximate surface area is 97.1 Å². The number of aliphatic hydroxyl groups excluding tert-OH is 2. The van der Waals surface area contributed by atoms with E-state index in [4.69, 9.17) is 10.2 Å². The highest BCUT2D eigenvalue weighted by molar-refractivity contribution is 5.28. The maximum Gasteiger partial charge on any atom is 0.0540 e. The van der Waals surface area contributed by atoms with Crippen LogP contribution < -0.4 is 0 Å². The summed E-state index contributed by atoms with van der Waals surface area (Å²) in [6.07, 6.45) is 2.27. The van der Waals surface area contributed by atoms with Gasteiger partial charge in [0.25, 0.3) is 0 Å². The summed E-state index contributed by atoms with van der Waals surface area (Å²) in [7, 11) is 0. The van der Waals surface area contributed by atoms with Crippen LogP contribution in [0.2, 0.25) is 0 Å². The van der Waals surface area contributed by atoms with Crippen LogP contribution in [0.25, 0.3) is 0 Å². The lowest BCUT2D eigenvalue weighted by Gasteiger charge is -1.76. The molecule has 0 aliphatic heterocycles. The van der Waals surface area contributed by atoms with E-state index in [0.29, 0.717) is 25.7 Å². The Morgan fingerprint density at radius 2 is 0.812 bits per heavy atom. The van der Waals surface area contributed by atoms with Crippen LogP contribution in [0.4, 0.5) is 0 Å². The Hall–Kier alpha value is -1.84. The Morgan fingerprint density at radius 3 is 1.12 bits per heavy atom. The minimum absolute atomic E-state index is 0.0761. The zero-order chi connectivity index (χ0) is 11.9. The van der Waals surface area contributed by atoms with E-state index in [9.17, 15) is 0 Å². The molecule has 0 heterocycles. The van der Waals surface area contributed by atoms with Crippen molar-refractivity contribution in [1.82, 2.24) is 0 Å². The molecular formula is C14H14O2. The van der Waals surface area contributed by atoms with Gasteiger partial charge in [0.05, 0.1) is 13.2 Å². The summed E-state index contributed by atoms with van der Waals surface area (Å²) >= 11 is 0. The lowest BCUT2D eigenvalue weighted by atomic mass is 10.3. The zero-order valence-electron chi connectivity index (χ0n) is 9.14. The van der Waals surface area contributed by atoms with Gasteiger partial charge >= 0.3 is 0 Å². The third-order valence-corrected chi connectivity index (χ3v) is 1.33. The minimum Gasteiger partial charge on any atom is -0.395 e. The van der Waals surface area contributed by atoms with E-state index in [-0.39, 0.29) is 13.2 Å². The molecule has 0 bridgehead atoms. The van der Waals surface area contributed by atoms with E-state index >= 15 is 0 Å². The summed E-state index contributed by atoms with van der Waals surface area (Å²) in [5.41, 5.74) is 0. The molecular weight excluding hydrogens is 200 g/mol. The van der Waals surface area contributed by atoms with Crippen molar-refractivity contribution in [3.8, 4) is 47.4 Å². The van der Waals surface area contributed by atoms with Gasteiger partial charge in [-0.1, -0.05) is 23.7 Å². The van der Waals surface area contributed by atoms with Crippen molar-refractivity contribution < 1.29 is 10.2 Å². The van der Waals surface area contributed by atoms with Crippen LogP contribution in [0.3, 0.4) is 0 Å². The van der Waals surface area contributed by atoms with Crippen LogP contribution in [0, 0.1) is 47.4 Å². The molecule has 2 nitrogen and oxygen atoms in total. The lowest BCUT2D eigenvalue weighted by molar-refractivity contribution is 0.304. The van der Waals surface area contributed by atoms with Gasteiger partial charge in [0, 0.05) is 25.7 Å². The number of aliphatic hydroxyl groups is 2. The van der Waals surface area contributed by atoms with Crippen molar-refractivity contribution in [1.29, 1.82) is 0 Å². The topological polar surface area (TPSA) is 40.5 Å². The van der Waals surface area contributed by atoms with Crippen molar-refractivity contribution in [3.05, 3.63) is 0 Å². The van der Waals surface area contributed by atoms with Gasteiger partial charge < -0.3 is 10.2 Å². The summed E-state index contributed by atoms with van der Waals surface area (Å²) in [6, 6.07) is 0. The Bertz CT molecular complexity index is 363. The average molecular weight is 214 g/mol. The minimum atomic E-state index is 0.0761. The molecule has 82 valence electrons. The third-order valence-electron chi connectivity index (χ3n) is 1.33. The maximum absolute atomic E-state index is 8.43. The first-order valence-corrected chi connectivity index (χ1v) is 5.05. The zero-order valence-corrected chi connectivity index (χ0v) is 9.14. The summed E-state index contributed by atoms with van der Waals surface area (Å²) in [5, 5.41) is 16.9. The maximum atomic E-state index is 8.43. The predicted octanol–water partition coefficient (Wildman–Crippen LogP) is 0.545. The van der Waals surface area contributed by atoms with Gasteiger partial charge in [0.1, 0.15) is 0 Å². The van der Waals surface area contributed by atoms with Gasteiger partial charge in [0.15, 0.2) is 0 Å². The smallest absolute Gasteiger partial charge is 0.0540 e. The second kappa shape index (κ2) is 13.2. The van der Waals surface area contributed by atoms with Crippen molar-refractivity contribution in [2.45, 2.75) is 25.7 Å². The van der Waals surface area contributed by atoms with Gasteiger partial charge in [0.2, 0.25) is 0 Å². The SMILES string of the molecule is OCCC#CC#CCCC#CC#CCCO. The normalized spacial score (nSPS) is 6.88. The number of rotatable bonds is 3. The quantitative estimate of drug-likeness (QED) is 0.532. The molecule has 0 rings (SSSR count). The summed E-state index contributed by atoms with van der Waals surface area (Å²) in [6.45, 7) is 0.152. The Kier molecular flexibility index (Phi) is 11.6. The molecule has 0 radical (unpaired) electrons. The Morgan fingerprint density at radius 1 is 0.500 bits per heavy atom. The van der Waals surface area contributed by atoms with Gasteiger partial charge in [-0.25, -0.2) is 0 Å². The van der Waals surface area contributed by atoms with Crippen molar-refractivity contribution >= 4 is 0 Å². The first-order chi connectivity index (χ1) is 7.91. The van der Waals surface area contributed by atoms with E-state index in [0.717, 1.165) is 0 Å². The fourth-order valence-corrected chi connectivity index (χ4v) is 0.664. The Balaban J connectivity index is 3.61. The molecule has 0 saturated carbocycles. The fraction of sp³-hybridized carbons (Fsp3) is 0.429. The third kappa shape index (κ3) is 12.2. The summed E-state index contributed by atoms with van der Waals surface area (Å²) < 4.78 is 0. The van der Waals surface area contributed by atoms with E-state index in [1.165, 1.54) is 0 Å². The monoisotopic (exact) mass is 214 g/mol. The molecule has 0 aromatic rings. The van der Waals surface area contributed by atoms with E-state index in [2.05, 4.69) is 47.4 Å². The lowest BCUT2D eigenvalue weighted by Crippen LogP contribution is -1.75. The van der Waals surface area contributed by atoms with Crippen molar-refractivity contribution in [2.75, 3.05) is 13.2 Å². The fourth-order valence-electron chi connectivity index (χ4n) is 0.664. The van der Waals surface area contributed by atoms with Crippen molar-refractivity contribution in [2.24, 2.45) is 0 Å². The molecule has 0 aliphatic carbocycles. The standard InChI is InChI=1S/C14H14O2/c15-13-11-9-7-5-3-1-2-4-6-8-10-12-14-16/h15-16H,1-2,11-14H2. The molecule has 0 atom stereocenters. The van der Waals surface area contributed by atoms with Gasteiger partial charge in [-0.05, 0) is 23.7 Å². The molecule has 0 fully saturated rings. The van der Waals surface area contributed by atoms with E-state index in [1.54, 1.807) is 0 Å². The number of hydrogen-bond donors (Lipinski definition) is 2. The number of hydrogen-bond acceptors (Lipinski definition) is 2. The summed E-state index contributed by atoms with van der Waals surface area (Å²) in [5.74, 6) is 21.7. The van der Waals surface area contributed by atoms with E-state index in [1.807, 2.05) is 0 Å². The van der Waals surface area contributed by atoms with Crippen LogP contribution >= 0.6 is 0 Å². The predicted molar refractivity (Wildman–Crippen MR) is 63.7 cm³/mol. The second-order valence-electron chi connectivity index (χ2n) is 2.65. The molecule has 16 heavy (non-hydrogen) atoms. The molecule has 0 aromatic heterocycles.